The maximum Gasteiger partial charge on any atom is 0.170 e. The van der Waals surface area contributed by atoms with Crippen LogP contribution in [0.3, 0.4) is 0 Å². The first-order valence-electron chi connectivity index (χ1n) is 7.95. The molecule has 0 radical (unpaired) electrons. The Morgan fingerprint density at radius 3 is 2.27 bits per heavy atom. The van der Waals surface area contributed by atoms with Gasteiger partial charge in [-0.3, -0.25) is 0 Å². The quantitative estimate of drug-likeness (QED) is 0.733. The Hall–Kier alpha value is -1.87. The van der Waals surface area contributed by atoms with Crippen LogP contribution in [0.1, 0.15) is 30.9 Å². The zero-order valence-corrected chi connectivity index (χ0v) is 14.0. The van der Waals surface area contributed by atoms with Crippen molar-refractivity contribution in [2.45, 2.75) is 32.6 Å². The van der Waals surface area contributed by atoms with Gasteiger partial charge in [-0.05, 0) is 54.7 Å². The highest BCUT2D eigenvalue weighted by atomic mass is 32.1. The molecule has 0 saturated carbocycles. The first kappa shape index (κ1) is 16.5. The predicted octanol–water partition coefficient (Wildman–Crippen LogP) is 4.56. The zero-order chi connectivity index (χ0) is 15.6. The number of hydrogen-bond acceptors (Lipinski definition) is 1. The van der Waals surface area contributed by atoms with E-state index in [0.717, 1.165) is 25.1 Å². The van der Waals surface area contributed by atoms with E-state index in [1.807, 2.05) is 6.07 Å². The summed E-state index contributed by atoms with van der Waals surface area (Å²) in [6.07, 6.45) is 4.59. The van der Waals surface area contributed by atoms with Crippen LogP contribution in [0.15, 0.2) is 54.6 Å². The minimum atomic E-state index is 0.678. The smallest absolute Gasteiger partial charge is 0.170 e. The molecule has 0 heterocycles. The van der Waals surface area contributed by atoms with E-state index < -0.39 is 0 Å². The molecule has 116 valence electrons. The highest BCUT2D eigenvalue weighted by molar-refractivity contribution is 7.80. The molecule has 0 saturated heterocycles. The van der Waals surface area contributed by atoms with Crippen LogP contribution in [0.4, 0.5) is 5.69 Å². The average Bonchev–Trinajstić information content (AvgIpc) is 2.55. The number of benzene rings is 2. The van der Waals surface area contributed by atoms with E-state index >= 15 is 0 Å². The Bertz CT molecular complexity index is 564. The molecule has 0 aliphatic carbocycles. The number of unbranched alkanes of at least 4 members (excludes halogenated alkanes) is 1. The predicted molar refractivity (Wildman–Crippen MR) is 99.4 cm³/mol. The number of thiocarbonyl (C=S) groups is 1. The van der Waals surface area contributed by atoms with Crippen molar-refractivity contribution in [3.63, 3.8) is 0 Å². The Labute approximate surface area is 139 Å². The molecule has 0 unspecified atom stereocenters. The second kappa shape index (κ2) is 9.21. The molecule has 0 atom stereocenters. The van der Waals surface area contributed by atoms with Crippen LogP contribution in [0.2, 0.25) is 0 Å². The molecule has 22 heavy (non-hydrogen) atoms. The molecule has 2 N–H and O–H groups in total. The fraction of sp³-hybridized carbons (Fsp3) is 0.316. The fourth-order valence-electron chi connectivity index (χ4n) is 2.28. The summed E-state index contributed by atoms with van der Waals surface area (Å²) in [5, 5.41) is 7.16. The van der Waals surface area contributed by atoms with Gasteiger partial charge in [0, 0.05) is 12.2 Å². The maximum atomic E-state index is 5.33. The van der Waals surface area contributed by atoms with Crippen molar-refractivity contribution in [2.75, 3.05) is 11.9 Å². The van der Waals surface area contributed by atoms with Gasteiger partial charge in [-0.15, -0.1) is 0 Å². The lowest BCUT2D eigenvalue weighted by Gasteiger charge is -2.11. The van der Waals surface area contributed by atoms with Crippen LogP contribution in [-0.4, -0.2) is 11.7 Å². The first-order chi connectivity index (χ1) is 10.8. The van der Waals surface area contributed by atoms with E-state index in [-0.39, 0.29) is 0 Å². The Morgan fingerprint density at radius 2 is 1.59 bits per heavy atom. The number of rotatable bonds is 7. The van der Waals surface area contributed by atoms with Crippen molar-refractivity contribution in [2.24, 2.45) is 0 Å². The van der Waals surface area contributed by atoms with Gasteiger partial charge in [0.25, 0.3) is 0 Å². The Morgan fingerprint density at radius 1 is 0.909 bits per heavy atom. The summed E-state index contributed by atoms with van der Waals surface area (Å²) < 4.78 is 0. The number of nitrogens with one attached hydrogen (secondary N) is 2. The second-order valence-corrected chi connectivity index (χ2v) is 5.83. The zero-order valence-electron chi connectivity index (χ0n) is 13.1. The number of anilines is 1. The summed E-state index contributed by atoms with van der Waals surface area (Å²) in [5.41, 5.74) is 3.74. The molecule has 3 heteroatoms. The molecule has 2 aromatic carbocycles. The summed E-state index contributed by atoms with van der Waals surface area (Å²) in [4.78, 5) is 0. The maximum absolute atomic E-state index is 5.33. The molecule has 0 aliphatic rings. The summed E-state index contributed by atoms with van der Waals surface area (Å²) in [5.74, 6) is 0. The molecule has 0 amide bonds. The van der Waals surface area contributed by atoms with Crippen LogP contribution in [0.25, 0.3) is 0 Å². The van der Waals surface area contributed by atoms with E-state index in [9.17, 15) is 0 Å². The molecular formula is C19H24N2S. The van der Waals surface area contributed by atoms with Gasteiger partial charge in [-0.1, -0.05) is 55.8 Å². The van der Waals surface area contributed by atoms with E-state index in [2.05, 4.69) is 66.1 Å². The number of aryl methyl sites for hydroxylation is 1. The third kappa shape index (κ3) is 5.86. The SMILES string of the molecule is CCCCc1ccc(NC(=S)NCCc2ccccc2)cc1. The van der Waals surface area contributed by atoms with Crippen LogP contribution in [0, 0.1) is 0 Å². The van der Waals surface area contributed by atoms with Crippen LogP contribution in [-0.2, 0) is 12.8 Å². The molecule has 0 fully saturated rings. The molecule has 0 spiro atoms. The molecule has 2 aromatic rings. The number of hydrogen-bond donors (Lipinski definition) is 2. The summed E-state index contributed by atoms with van der Waals surface area (Å²) in [6.45, 7) is 3.06. The van der Waals surface area contributed by atoms with Crippen molar-refractivity contribution in [1.29, 1.82) is 0 Å². The van der Waals surface area contributed by atoms with E-state index in [0.29, 0.717) is 5.11 Å². The van der Waals surface area contributed by atoms with Crippen molar-refractivity contribution in [3.05, 3.63) is 65.7 Å². The lowest BCUT2D eigenvalue weighted by atomic mass is 10.1. The summed E-state index contributed by atoms with van der Waals surface area (Å²) >= 11 is 5.33. The van der Waals surface area contributed by atoms with E-state index in [4.69, 9.17) is 12.2 Å². The highest BCUT2D eigenvalue weighted by Gasteiger charge is 1.99. The molecule has 0 aromatic heterocycles. The van der Waals surface area contributed by atoms with Crippen molar-refractivity contribution in [3.8, 4) is 0 Å². The minimum absolute atomic E-state index is 0.678. The standard InChI is InChI=1S/C19H24N2S/c1-2-3-7-17-10-12-18(13-11-17)21-19(22)20-15-14-16-8-5-4-6-9-16/h4-6,8-13H,2-3,7,14-15H2,1H3,(H2,20,21,22). The summed E-state index contributed by atoms with van der Waals surface area (Å²) in [7, 11) is 0. The highest BCUT2D eigenvalue weighted by Crippen LogP contribution is 2.11. The largest absolute Gasteiger partial charge is 0.362 e. The van der Waals surface area contributed by atoms with Crippen LogP contribution >= 0.6 is 12.2 Å². The summed E-state index contributed by atoms with van der Waals surface area (Å²) in [6, 6.07) is 19.0. The molecule has 0 bridgehead atoms. The molecule has 2 nitrogen and oxygen atoms in total. The van der Waals surface area contributed by atoms with Crippen LogP contribution in [0.5, 0.6) is 0 Å². The third-order valence-electron chi connectivity index (χ3n) is 3.57. The average molecular weight is 312 g/mol. The normalized spacial score (nSPS) is 10.2. The Balaban J connectivity index is 1.72. The topological polar surface area (TPSA) is 24.1 Å². The first-order valence-corrected chi connectivity index (χ1v) is 8.36. The van der Waals surface area contributed by atoms with Gasteiger partial charge in [0.05, 0.1) is 0 Å². The van der Waals surface area contributed by atoms with Crippen molar-refractivity contribution < 1.29 is 0 Å². The van der Waals surface area contributed by atoms with Gasteiger partial charge in [0.2, 0.25) is 0 Å². The fourth-order valence-corrected chi connectivity index (χ4v) is 2.50. The van der Waals surface area contributed by atoms with Crippen molar-refractivity contribution in [1.82, 2.24) is 5.32 Å². The lowest BCUT2D eigenvalue weighted by molar-refractivity contribution is 0.795. The van der Waals surface area contributed by atoms with E-state index in [1.165, 1.54) is 24.0 Å². The molecular weight excluding hydrogens is 288 g/mol. The van der Waals surface area contributed by atoms with Gasteiger partial charge in [-0.2, -0.15) is 0 Å². The second-order valence-electron chi connectivity index (χ2n) is 5.42. The molecule has 0 aliphatic heterocycles. The van der Waals surface area contributed by atoms with Gasteiger partial charge in [0.15, 0.2) is 5.11 Å². The van der Waals surface area contributed by atoms with Gasteiger partial charge < -0.3 is 10.6 Å². The van der Waals surface area contributed by atoms with Crippen LogP contribution < -0.4 is 10.6 Å². The van der Waals surface area contributed by atoms with Gasteiger partial charge in [0.1, 0.15) is 0 Å². The molecule has 2 rings (SSSR count). The third-order valence-corrected chi connectivity index (χ3v) is 3.82. The van der Waals surface area contributed by atoms with Crippen molar-refractivity contribution >= 4 is 23.0 Å². The Kier molecular flexibility index (Phi) is 6.91. The van der Waals surface area contributed by atoms with E-state index in [1.54, 1.807) is 0 Å². The van der Waals surface area contributed by atoms with Gasteiger partial charge in [-0.25, -0.2) is 0 Å². The van der Waals surface area contributed by atoms with Gasteiger partial charge >= 0.3 is 0 Å². The monoisotopic (exact) mass is 312 g/mol. The lowest BCUT2D eigenvalue weighted by Crippen LogP contribution is -2.30. The minimum Gasteiger partial charge on any atom is -0.362 e.